The summed E-state index contributed by atoms with van der Waals surface area (Å²) in [4.78, 5) is 4.47. The van der Waals surface area contributed by atoms with E-state index in [1.807, 2.05) is 13.0 Å². The molecule has 0 atom stereocenters. The van der Waals surface area contributed by atoms with Crippen molar-refractivity contribution < 1.29 is 17.5 Å². The molecular formula is C20H25ClFN3O3S. The number of rotatable bonds is 8. The monoisotopic (exact) mass is 441 g/mol. The van der Waals surface area contributed by atoms with Crippen LogP contribution in [0.2, 0.25) is 5.02 Å². The Morgan fingerprint density at radius 1 is 1.14 bits per heavy atom. The number of hydrogen-bond acceptors (Lipinski definition) is 4. The molecule has 0 heterocycles. The molecule has 0 aliphatic heterocycles. The smallest absolute Gasteiger partial charge is 0.191 e. The van der Waals surface area contributed by atoms with Crippen LogP contribution < -0.4 is 15.4 Å². The summed E-state index contributed by atoms with van der Waals surface area (Å²) in [5, 5.41) is 6.88. The van der Waals surface area contributed by atoms with Gasteiger partial charge in [-0.1, -0.05) is 23.7 Å². The van der Waals surface area contributed by atoms with Gasteiger partial charge < -0.3 is 15.4 Å². The van der Waals surface area contributed by atoms with Crippen molar-refractivity contribution in [1.82, 2.24) is 10.6 Å². The van der Waals surface area contributed by atoms with Crippen LogP contribution in [0.1, 0.15) is 23.6 Å². The van der Waals surface area contributed by atoms with Gasteiger partial charge in [0.2, 0.25) is 0 Å². The van der Waals surface area contributed by atoms with Crippen molar-refractivity contribution in [3.8, 4) is 5.75 Å². The minimum Gasteiger partial charge on any atom is -0.496 e. The van der Waals surface area contributed by atoms with Crippen LogP contribution >= 0.6 is 11.6 Å². The van der Waals surface area contributed by atoms with Crippen molar-refractivity contribution in [3.05, 3.63) is 63.9 Å². The van der Waals surface area contributed by atoms with E-state index in [4.69, 9.17) is 16.3 Å². The molecule has 0 saturated carbocycles. The molecule has 0 unspecified atom stereocenters. The summed E-state index contributed by atoms with van der Waals surface area (Å²) >= 11 is 5.99. The largest absolute Gasteiger partial charge is 0.496 e. The average molecular weight is 442 g/mol. The molecule has 158 valence electrons. The highest BCUT2D eigenvalue weighted by atomic mass is 35.5. The summed E-state index contributed by atoms with van der Waals surface area (Å²) in [7, 11) is -1.67. The van der Waals surface area contributed by atoms with E-state index in [9.17, 15) is 12.8 Å². The molecule has 2 aromatic rings. The fourth-order valence-electron chi connectivity index (χ4n) is 2.71. The molecule has 0 radical (unpaired) electrons. The Kier molecular flexibility index (Phi) is 8.28. The third-order valence-electron chi connectivity index (χ3n) is 4.03. The zero-order chi connectivity index (χ0) is 21.4. The first-order valence-electron chi connectivity index (χ1n) is 9.01. The standard InChI is InChI=1S/C20H25ClFN3O3S/c1-4-23-20(24-11-14-5-7-17(21)10-19(14)28-2)25-12-16-9-18(22)8-6-15(16)13-29(3,26)27/h5-10H,4,11-13H2,1-3H3,(H2,23,24,25). The number of nitrogens with zero attached hydrogens (tertiary/aromatic N) is 1. The number of halogens is 2. The maximum atomic E-state index is 13.7. The predicted molar refractivity (Wildman–Crippen MR) is 115 cm³/mol. The molecule has 9 heteroatoms. The van der Waals surface area contributed by atoms with Crippen molar-refractivity contribution in [2.24, 2.45) is 4.99 Å². The minimum absolute atomic E-state index is 0.135. The Balaban J connectivity index is 2.18. The molecule has 0 fully saturated rings. The van der Waals surface area contributed by atoms with E-state index in [1.54, 1.807) is 19.2 Å². The van der Waals surface area contributed by atoms with Gasteiger partial charge in [0.1, 0.15) is 11.6 Å². The Bertz CT molecular complexity index is 981. The van der Waals surface area contributed by atoms with E-state index in [-0.39, 0.29) is 12.3 Å². The van der Waals surface area contributed by atoms with Gasteiger partial charge in [0.25, 0.3) is 0 Å². The second-order valence-corrected chi connectivity index (χ2v) is 9.06. The molecule has 29 heavy (non-hydrogen) atoms. The maximum Gasteiger partial charge on any atom is 0.191 e. The summed E-state index contributed by atoms with van der Waals surface area (Å²) in [6.45, 7) is 3.13. The van der Waals surface area contributed by atoms with Crippen LogP contribution in [-0.2, 0) is 28.7 Å². The molecule has 2 N–H and O–H groups in total. The molecule has 0 spiro atoms. The predicted octanol–water partition coefficient (Wildman–Crippen LogP) is 3.29. The molecule has 2 rings (SSSR count). The summed E-state index contributed by atoms with van der Waals surface area (Å²) in [5.74, 6) is 0.571. The van der Waals surface area contributed by atoms with Crippen LogP contribution in [0.15, 0.2) is 41.4 Å². The van der Waals surface area contributed by atoms with Crippen molar-refractivity contribution in [3.63, 3.8) is 0 Å². The van der Waals surface area contributed by atoms with Gasteiger partial charge in [-0.2, -0.15) is 0 Å². The molecule has 0 aliphatic rings. The highest BCUT2D eigenvalue weighted by Crippen LogP contribution is 2.23. The quantitative estimate of drug-likeness (QED) is 0.485. The zero-order valence-corrected chi connectivity index (χ0v) is 18.2. The highest BCUT2D eigenvalue weighted by molar-refractivity contribution is 7.89. The molecule has 0 aliphatic carbocycles. The molecule has 0 bridgehead atoms. The van der Waals surface area contributed by atoms with Gasteiger partial charge >= 0.3 is 0 Å². The van der Waals surface area contributed by atoms with Gasteiger partial charge in [0.05, 0.1) is 19.4 Å². The lowest BCUT2D eigenvalue weighted by atomic mass is 10.1. The van der Waals surface area contributed by atoms with Gasteiger partial charge in [-0.05, 0) is 42.3 Å². The van der Waals surface area contributed by atoms with Crippen LogP contribution in [0, 0.1) is 5.82 Å². The molecule has 2 aromatic carbocycles. The number of sulfone groups is 1. The van der Waals surface area contributed by atoms with Crippen molar-refractivity contribution in [2.75, 3.05) is 19.9 Å². The lowest BCUT2D eigenvalue weighted by Crippen LogP contribution is -2.36. The van der Waals surface area contributed by atoms with E-state index in [0.29, 0.717) is 40.9 Å². The van der Waals surface area contributed by atoms with Gasteiger partial charge in [-0.25, -0.2) is 17.8 Å². The topological polar surface area (TPSA) is 79.8 Å². The lowest BCUT2D eigenvalue weighted by molar-refractivity contribution is 0.409. The molecule has 0 aromatic heterocycles. The Morgan fingerprint density at radius 3 is 2.52 bits per heavy atom. The van der Waals surface area contributed by atoms with E-state index < -0.39 is 15.7 Å². The number of hydrogen-bond donors (Lipinski definition) is 2. The second-order valence-electron chi connectivity index (χ2n) is 6.49. The molecule has 6 nitrogen and oxygen atoms in total. The zero-order valence-electron chi connectivity index (χ0n) is 16.6. The Morgan fingerprint density at radius 2 is 1.86 bits per heavy atom. The first kappa shape index (κ1) is 23.0. The van der Waals surface area contributed by atoms with Crippen molar-refractivity contribution >= 4 is 27.4 Å². The van der Waals surface area contributed by atoms with E-state index in [1.165, 1.54) is 18.2 Å². The number of aliphatic imine (C=N–C) groups is 1. The van der Waals surface area contributed by atoms with Gasteiger partial charge in [-0.15, -0.1) is 0 Å². The van der Waals surface area contributed by atoms with Crippen LogP contribution in [0.4, 0.5) is 4.39 Å². The summed E-state index contributed by atoms with van der Waals surface area (Å²) in [6, 6.07) is 9.41. The second kappa shape index (κ2) is 10.5. The van der Waals surface area contributed by atoms with Gasteiger partial charge in [-0.3, -0.25) is 0 Å². The van der Waals surface area contributed by atoms with E-state index >= 15 is 0 Å². The first-order valence-corrected chi connectivity index (χ1v) is 11.4. The Labute approximate surface area is 176 Å². The van der Waals surface area contributed by atoms with Crippen LogP contribution in [-0.4, -0.2) is 34.3 Å². The number of benzene rings is 2. The number of nitrogens with one attached hydrogen (secondary N) is 2. The van der Waals surface area contributed by atoms with Crippen molar-refractivity contribution in [1.29, 1.82) is 0 Å². The van der Waals surface area contributed by atoms with Crippen molar-refractivity contribution in [2.45, 2.75) is 25.8 Å². The molecule has 0 amide bonds. The lowest BCUT2D eigenvalue weighted by Gasteiger charge is -2.14. The van der Waals surface area contributed by atoms with E-state index in [0.717, 1.165) is 11.8 Å². The molecule has 0 saturated heterocycles. The molecular weight excluding hydrogens is 417 g/mol. The maximum absolute atomic E-state index is 13.7. The summed E-state index contributed by atoms with van der Waals surface area (Å²) in [6.07, 6.45) is 1.15. The van der Waals surface area contributed by atoms with Gasteiger partial charge in [0, 0.05) is 29.9 Å². The van der Waals surface area contributed by atoms with Crippen LogP contribution in [0.3, 0.4) is 0 Å². The van der Waals surface area contributed by atoms with E-state index in [2.05, 4.69) is 15.6 Å². The highest BCUT2D eigenvalue weighted by Gasteiger charge is 2.11. The fourth-order valence-corrected chi connectivity index (χ4v) is 3.72. The third-order valence-corrected chi connectivity index (χ3v) is 5.10. The Hall–Kier alpha value is -2.32. The van der Waals surface area contributed by atoms with Crippen LogP contribution in [0.5, 0.6) is 5.75 Å². The third kappa shape index (κ3) is 7.55. The summed E-state index contributed by atoms with van der Waals surface area (Å²) < 4.78 is 42.3. The number of guanidine groups is 1. The SMILES string of the molecule is CCNC(=NCc1cc(F)ccc1CS(C)(=O)=O)NCc1ccc(Cl)cc1OC. The summed E-state index contributed by atoms with van der Waals surface area (Å²) in [5.41, 5.74) is 1.95. The number of ether oxygens (including phenoxy) is 1. The first-order chi connectivity index (χ1) is 13.7. The minimum atomic E-state index is -3.25. The average Bonchev–Trinajstić information content (AvgIpc) is 2.65. The normalized spacial score (nSPS) is 12.0. The number of methoxy groups -OCH3 is 1. The van der Waals surface area contributed by atoms with Crippen LogP contribution in [0.25, 0.3) is 0 Å². The van der Waals surface area contributed by atoms with Gasteiger partial charge in [0.15, 0.2) is 15.8 Å². The fraction of sp³-hybridized carbons (Fsp3) is 0.350.